The molecule has 2 rings (SSSR count). The highest BCUT2D eigenvalue weighted by Gasteiger charge is 2.22. The van der Waals surface area contributed by atoms with Crippen LogP contribution in [0, 0.1) is 17.0 Å². The molecule has 0 fully saturated rings. The second kappa shape index (κ2) is 5.63. The van der Waals surface area contributed by atoms with E-state index in [1.165, 1.54) is 0 Å². The monoisotopic (exact) mass is 329 g/mol. The summed E-state index contributed by atoms with van der Waals surface area (Å²) in [6, 6.07) is 3.24. The van der Waals surface area contributed by atoms with Gasteiger partial charge < -0.3 is 5.43 Å². The number of aryl methyl sites for hydroxylation is 1. The van der Waals surface area contributed by atoms with Crippen molar-refractivity contribution in [2.45, 2.75) is 11.8 Å². The second-order valence-electron chi connectivity index (χ2n) is 3.98. The number of nitrogens with zero attached hydrogens (tertiary/aromatic N) is 2. The topological polar surface area (TPSA) is 140 Å². The van der Waals surface area contributed by atoms with Gasteiger partial charge in [0.1, 0.15) is 4.90 Å². The number of benzene rings is 1. The first-order valence-corrected chi connectivity index (χ1v) is 7.90. The summed E-state index contributed by atoms with van der Waals surface area (Å²) < 4.78 is 26.8. The predicted octanol–water partition coefficient (Wildman–Crippen LogP) is 1.45. The Morgan fingerprint density at radius 3 is 2.67 bits per heavy atom. The van der Waals surface area contributed by atoms with Crippen molar-refractivity contribution in [1.29, 1.82) is 0 Å². The predicted molar refractivity (Wildman–Crippen MR) is 78.6 cm³/mol. The van der Waals surface area contributed by atoms with Crippen LogP contribution in [0.25, 0.3) is 0 Å². The maximum absolute atomic E-state index is 12.3. The molecule has 9 nitrogen and oxygen atoms in total. The van der Waals surface area contributed by atoms with Gasteiger partial charge in [-0.15, -0.1) is 11.3 Å². The number of hydrazine groups is 1. The molecule has 11 heteroatoms. The lowest BCUT2D eigenvalue weighted by Gasteiger charge is -2.10. The molecule has 2 aromatic rings. The zero-order valence-electron chi connectivity index (χ0n) is 10.7. The summed E-state index contributed by atoms with van der Waals surface area (Å²) in [5.74, 6) is 5.24. The molecule has 1 aromatic carbocycles. The van der Waals surface area contributed by atoms with Gasteiger partial charge >= 0.3 is 0 Å². The van der Waals surface area contributed by atoms with Gasteiger partial charge in [-0.25, -0.2) is 13.4 Å². The number of nitrogens with one attached hydrogen (secondary N) is 2. The Bertz CT molecular complexity index is 786. The number of anilines is 2. The molecule has 0 atom stereocenters. The average Bonchev–Trinajstić information content (AvgIpc) is 2.82. The second-order valence-corrected chi connectivity index (χ2v) is 6.49. The molecule has 1 heterocycles. The van der Waals surface area contributed by atoms with Crippen LogP contribution in [-0.4, -0.2) is 18.3 Å². The molecule has 0 bridgehead atoms. The maximum Gasteiger partial charge on any atom is 0.271 e. The number of nitrogens with two attached hydrogens (primary N) is 1. The van der Waals surface area contributed by atoms with Crippen molar-refractivity contribution in [3.63, 3.8) is 0 Å². The molecule has 0 radical (unpaired) electrons. The van der Waals surface area contributed by atoms with E-state index in [9.17, 15) is 18.5 Å². The quantitative estimate of drug-likeness (QED) is 0.428. The first-order valence-electron chi connectivity index (χ1n) is 5.53. The van der Waals surface area contributed by atoms with E-state index in [0.29, 0.717) is 5.69 Å². The Morgan fingerprint density at radius 1 is 1.43 bits per heavy atom. The van der Waals surface area contributed by atoms with Crippen molar-refractivity contribution < 1.29 is 13.3 Å². The van der Waals surface area contributed by atoms with E-state index in [0.717, 1.165) is 29.5 Å². The minimum atomic E-state index is -3.95. The number of hydrogen-bond donors (Lipinski definition) is 3. The van der Waals surface area contributed by atoms with E-state index >= 15 is 0 Å². The molecule has 0 amide bonds. The third kappa shape index (κ3) is 3.26. The lowest BCUT2D eigenvalue weighted by atomic mass is 10.3. The lowest BCUT2D eigenvalue weighted by molar-refractivity contribution is -0.384. The van der Waals surface area contributed by atoms with Gasteiger partial charge in [0, 0.05) is 17.5 Å². The minimum absolute atomic E-state index is 0.0787. The zero-order chi connectivity index (χ0) is 15.6. The first kappa shape index (κ1) is 15.2. The van der Waals surface area contributed by atoms with Crippen molar-refractivity contribution in [3.8, 4) is 0 Å². The van der Waals surface area contributed by atoms with Crippen LogP contribution in [0.5, 0.6) is 0 Å². The minimum Gasteiger partial charge on any atom is -0.323 e. The summed E-state index contributed by atoms with van der Waals surface area (Å²) in [7, 11) is -3.95. The van der Waals surface area contributed by atoms with Crippen LogP contribution in [0.15, 0.2) is 28.5 Å². The van der Waals surface area contributed by atoms with Crippen molar-refractivity contribution in [2.75, 3.05) is 10.1 Å². The van der Waals surface area contributed by atoms with Gasteiger partial charge in [-0.1, -0.05) is 0 Å². The van der Waals surface area contributed by atoms with Crippen LogP contribution >= 0.6 is 11.3 Å². The molecule has 0 aliphatic rings. The highest BCUT2D eigenvalue weighted by atomic mass is 32.2. The highest BCUT2D eigenvalue weighted by Crippen LogP contribution is 2.28. The molecule has 21 heavy (non-hydrogen) atoms. The number of nitro groups is 1. The molecule has 1 aromatic heterocycles. The van der Waals surface area contributed by atoms with E-state index in [2.05, 4.69) is 15.1 Å². The summed E-state index contributed by atoms with van der Waals surface area (Å²) in [5.41, 5.74) is 2.48. The summed E-state index contributed by atoms with van der Waals surface area (Å²) in [6.45, 7) is 1.73. The number of non-ortho nitro benzene ring substituents is 1. The zero-order valence-corrected chi connectivity index (χ0v) is 12.4. The SMILES string of the molecule is Cc1csc(NS(=O)(=O)c2ccc([N+](=O)[O-])cc2NN)n1. The maximum atomic E-state index is 12.3. The first-order chi connectivity index (χ1) is 9.83. The lowest BCUT2D eigenvalue weighted by Crippen LogP contribution is -2.17. The molecular weight excluding hydrogens is 318 g/mol. The van der Waals surface area contributed by atoms with Gasteiger partial charge in [0.05, 0.1) is 16.3 Å². The third-order valence-corrected chi connectivity index (χ3v) is 4.86. The standard InChI is InChI=1S/C10H11N5O4S2/c1-6-5-20-10(12-6)14-21(18,19)9-3-2-7(15(16)17)4-8(9)13-11/h2-5,13H,11H2,1H3,(H,12,14). The van der Waals surface area contributed by atoms with Crippen LogP contribution in [0.1, 0.15) is 5.69 Å². The number of nitro benzene ring substituents is 1. The van der Waals surface area contributed by atoms with Crippen LogP contribution in [0.3, 0.4) is 0 Å². The van der Waals surface area contributed by atoms with Gasteiger partial charge in [0.15, 0.2) is 5.13 Å². The Hall–Kier alpha value is -2.24. The number of rotatable bonds is 5. The molecule has 0 spiro atoms. The Kier molecular flexibility index (Phi) is 4.06. The smallest absolute Gasteiger partial charge is 0.271 e. The Balaban J connectivity index is 2.42. The van der Waals surface area contributed by atoms with E-state index in [1.807, 2.05) is 0 Å². The van der Waals surface area contributed by atoms with E-state index in [1.54, 1.807) is 12.3 Å². The Labute approximate surface area is 124 Å². The largest absolute Gasteiger partial charge is 0.323 e. The number of sulfonamides is 1. The normalized spacial score (nSPS) is 11.1. The summed E-state index contributed by atoms with van der Waals surface area (Å²) in [6.07, 6.45) is 0. The van der Waals surface area contributed by atoms with Gasteiger partial charge in [-0.3, -0.25) is 20.7 Å². The summed E-state index contributed by atoms with van der Waals surface area (Å²) >= 11 is 1.13. The number of nitrogen functional groups attached to an aromatic ring is 1. The highest BCUT2D eigenvalue weighted by molar-refractivity contribution is 7.93. The number of hydrogen-bond acceptors (Lipinski definition) is 8. The van der Waals surface area contributed by atoms with Crippen molar-refractivity contribution in [3.05, 3.63) is 39.4 Å². The van der Waals surface area contributed by atoms with Gasteiger partial charge in [0.2, 0.25) is 0 Å². The van der Waals surface area contributed by atoms with E-state index < -0.39 is 14.9 Å². The van der Waals surface area contributed by atoms with Gasteiger partial charge in [-0.05, 0) is 13.0 Å². The molecule has 0 aliphatic heterocycles. The van der Waals surface area contributed by atoms with E-state index in [-0.39, 0.29) is 21.4 Å². The van der Waals surface area contributed by atoms with E-state index in [4.69, 9.17) is 5.84 Å². The van der Waals surface area contributed by atoms with Gasteiger partial charge in [-0.2, -0.15) is 0 Å². The fourth-order valence-corrected chi connectivity index (χ4v) is 3.64. The fraction of sp³-hybridized carbons (Fsp3) is 0.100. The van der Waals surface area contributed by atoms with Crippen molar-refractivity contribution >= 4 is 37.9 Å². The molecule has 0 aliphatic carbocycles. The molecule has 0 saturated carbocycles. The average molecular weight is 329 g/mol. The molecular formula is C10H11N5O4S2. The fourth-order valence-electron chi connectivity index (χ4n) is 1.55. The Morgan fingerprint density at radius 2 is 2.14 bits per heavy atom. The van der Waals surface area contributed by atoms with Crippen LogP contribution in [0.2, 0.25) is 0 Å². The van der Waals surface area contributed by atoms with Gasteiger partial charge in [0.25, 0.3) is 15.7 Å². The number of thiazole rings is 1. The summed E-state index contributed by atoms with van der Waals surface area (Å²) in [5, 5.41) is 12.6. The molecule has 0 unspecified atom stereocenters. The van der Waals surface area contributed by atoms with Crippen molar-refractivity contribution in [2.24, 2.45) is 5.84 Å². The molecule has 0 saturated heterocycles. The molecule has 112 valence electrons. The molecule has 4 N–H and O–H groups in total. The van der Waals surface area contributed by atoms with Crippen LogP contribution < -0.4 is 16.0 Å². The third-order valence-electron chi connectivity index (χ3n) is 2.46. The van der Waals surface area contributed by atoms with Crippen LogP contribution in [-0.2, 0) is 10.0 Å². The number of aromatic nitrogens is 1. The van der Waals surface area contributed by atoms with Crippen molar-refractivity contribution in [1.82, 2.24) is 4.98 Å². The summed E-state index contributed by atoms with van der Waals surface area (Å²) in [4.78, 5) is 13.8. The van der Waals surface area contributed by atoms with Crippen LogP contribution in [0.4, 0.5) is 16.5 Å².